The van der Waals surface area contributed by atoms with Crippen molar-refractivity contribution in [1.82, 2.24) is 0 Å². The third-order valence-corrected chi connectivity index (χ3v) is 3.42. The Morgan fingerprint density at radius 3 is 2.59 bits per heavy atom. The number of benzene rings is 1. The first-order valence-corrected chi connectivity index (χ1v) is 6.10. The first kappa shape index (κ1) is 12.1. The molecule has 0 radical (unpaired) electrons. The van der Waals surface area contributed by atoms with E-state index < -0.39 is 5.82 Å². The number of hydrogen-bond acceptors (Lipinski definition) is 2. The summed E-state index contributed by atoms with van der Waals surface area (Å²) >= 11 is 0. The van der Waals surface area contributed by atoms with Crippen molar-refractivity contribution in [3.8, 4) is 5.75 Å². The van der Waals surface area contributed by atoms with Crippen molar-refractivity contribution in [2.24, 2.45) is 5.92 Å². The fraction of sp³-hybridized carbons (Fsp3) is 0.500. The predicted octanol–water partition coefficient (Wildman–Crippen LogP) is 3.60. The summed E-state index contributed by atoms with van der Waals surface area (Å²) in [5.74, 6) is -0.0703. The van der Waals surface area contributed by atoms with Gasteiger partial charge in [-0.25, -0.2) is 4.39 Å². The normalized spacial score (nSPS) is 16.8. The van der Waals surface area contributed by atoms with Crippen LogP contribution in [0.1, 0.15) is 42.5 Å². The molecule has 0 aromatic heterocycles. The Morgan fingerprint density at radius 1 is 1.29 bits per heavy atom. The Bertz CT molecular complexity index is 409. The molecule has 0 amide bonds. The van der Waals surface area contributed by atoms with Crippen LogP contribution in [-0.2, 0) is 0 Å². The van der Waals surface area contributed by atoms with E-state index in [4.69, 9.17) is 4.74 Å². The largest absolute Gasteiger partial charge is 0.497 e. The zero-order valence-corrected chi connectivity index (χ0v) is 10.0. The van der Waals surface area contributed by atoms with Crippen molar-refractivity contribution >= 4 is 5.78 Å². The molecule has 1 fully saturated rings. The fourth-order valence-corrected chi connectivity index (χ4v) is 2.41. The Balaban J connectivity index is 2.18. The molecule has 1 aromatic carbocycles. The highest BCUT2D eigenvalue weighted by molar-refractivity contribution is 5.98. The maximum atomic E-state index is 13.7. The summed E-state index contributed by atoms with van der Waals surface area (Å²) in [5, 5.41) is 0. The molecule has 1 aliphatic rings. The topological polar surface area (TPSA) is 26.3 Å². The third kappa shape index (κ3) is 2.65. The number of Topliss-reactive ketones (excluding diaryl/α,β-unsaturated/α-hetero) is 1. The molecule has 0 saturated heterocycles. The van der Waals surface area contributed by atoms with Gasteiger partial charge in [0.25, 0.3) is 0 Å². The highest BCUT2D eigenvalue weighted by Crippen LogP contribution is 2.28. The average molecular weight is 236 g/mol. The van der Waals surface area contributed by atoms with Crippen LogP contribution in [0, 0.1) is 11.7 Å². The molecule has 0 N–H and O–H groups in total. The molecule has 0 atom stereocenters. The Kier molecular flexibility index (Phi) is 3.77. The van der Waals surface area contributed by atoms with Crippen molar-refractivity contribution in [3.63, 3.8) is 0 Å². The first-order chi connectivity index (χ1) is 8.22. The predicted molar refractivity (Wildman–Crippen MR) is 63.9 cm³/mol. The lowest BCUT2D eigenvalue weighted by Gasteiger charge is -2.20. The van der Waals surface area contributed by atoms with Crippen LogP contribution in [0.2, 0.25) is 0 Å². The van der Waals surface area contributed by atoms with E-state index in [0.717, 1.165) is 25.7 Å². The van der Waals surface area contributed by atoms with Crippen LogP contribution in [0.15, 0.2) is 18.2 Å². The standard InChI is InChI=1S/C14H17FO2/c1-17-11-7-8-12(13(15)9-11)14(16)10-5-3-2-4-6-10/h7-10H,2-6H2,1H3. The molecule has 0 heterocycles. The van der Waals surface area contributed by atoms with Gasteiger partial charge < -0.3 is 4.74 Å². The van der Waals surface area contributed by atoms with Gasteiger partial charge in [-0.2, -0.15) is 0 Å². The van der Waals surface area contributed by atoms with Gasteiger partial charge in [-0.05, 0) is 25.0 Å². The summed E-state index contributed by atoms with van der Waals surface area (Å²) in [6, 6.07) is 4.44. The van der Waals surface area contributed by atoms with Crippen molar-refractivity contribution in [2.45, 2.75) is 32.1 Å². The number of halogens is 1. The van der Waals surface area contributed by atoms with Gasteiger partial charge in [0.15, 0.2) is 5.78 Å². The molecule has 2 rings (SSSR count). The molecular formula is C14H17FO2. The zero-order valence-electron chi connectivity index (χ0n) is 10.0. The lowest BCUT2D eigenvalue weighted by atomic mass is 9.84. The van der Waals surface area contributed by atoms with E-state index in [1.54, 1.807) is 6.07 Å². The van der Waals surface area contributed by atoms with Gasteiger partial charge in [0.2, 0.25) is 0 Å². The Morgan fingerprint density at radius 2 is 2.00 bits per heavy atom. The number of ether oxygens (including phenoxy) is 1. The second kappa shape index (κ2) is 5.30. The first-order valence-electron chi connectivity index (χ1n) is 6.10. The van der Waals surface area contributed by atoms with E-state index >= 15 is 0 Å². The van der Waals surface area contributed by atoms with Crippen LogP contribution in [0.25, 0.3) is 0 Å². The summed E-state index contributed by atoms with van der Waals surface area (Å²) in [4.78, 5) is 12.1. The molecule has 1 aromatic rings. The van der Waals surface area contributed by atoms with Crippen LogP contribution in [-0.4, -0.2) is 12.9 Å². The van der Waals surface area contributed by atoms with E-state index in [9.17, 15) is 9.18 Å². The van der Waals surface area contributed by atoms with E-state index in [2.05, 4.69) is 0 Å². The summed E-state index contributed by atoms with van der Waals surface area (Å²) in [7, 11) is 1.48. The minimum Gasteiger partial charge on any atom is -0.497 e. The molecule has 1 saturated carbocycles. The highest BCUT2D eigenvalue weighted by atomic mass is 19.1. The molecule has 2 nitrogen and oxygen atoms in total. The van der Waals surface area contributed by atoms with E-state index in [0.29, 0.717) is 5.75 Å². The van der Waals surface area contributed by atoms with E-state index in [1.165, 1.54) is 25.7 Å². The smallest absolute Gasteiger partial charge is 0.168 e. The quantitative estimate of drug-likeness (QED) is 0.749. The maximum absolute atomic E-state index is 13.7. The average Bonchev–Trinajstić information content (AvgIpc) is 2.39. The molecule has 0 aliphatic heterocycles. The number of rotatable bonds is 3. The molecule has 17 heavy (non-hydrogen) atoms. The number of carbonyl (C=O) groups is 1. The number of ketones is 1. The summed E-state index contributed by atoms with van der Waals surface area (Å²) < 4.78 is 18.7. The summed E-state index contributed by atoms with van der Waals surface area (Å²) in [6.45, 7) is 0. The van der Waals surface area contributed by atoms with E-state index in [-0.39, 0.29) is 17.3 Å². The molecule has 3 heteroatoms. The van der Waals surface area contributed by atoms with Gasteiger partial charge in [0.05, 0.1) is 12.7 Å². The van der Waals surface area contributed by atoms with Crippen LogP contribution in [0.4, 0.5) is 4.39 Å². The van der Waals surface area contributed by atoms with Crippen molar-refractivity contribution < 1.29 is 13.9 Å². The fourth-order valence-electron chi connectivity index (χ4n) is 2.41. The van der Waals surface area contributed by atoms with Crippen LogP contribution >= 0.6 is 0 Å². The van der Waals surface area contributed by atoms with Crippen molar-refractivity contribution in [2.75, 3.05) is 7.11 Å². The Hall–Kier alpha value is -1.38. The minimum atomic E-state index is -0.472. The third-order valence-electron chi connectivity index (χ3n) is 3.42. The van der Waals surface area contributed by atoms with Gasteiger partial charge >= 0.3 is 0 Å². The lowest BCUT2D eigenvalue weighted by Crippen LogP contribution is -2.18. The van der Waals surface area contributed by atoms with Gasteiger partial charge in [-0.1, -0.05) is 19.3 Å². The number of hydrogen-bond donors (Lipinski definition) is 0. The van der Waals surface area contributed by atoms with Gasteiger partial charge in [-0.15, -0.1) is 0 Å². The zero-order chi connectivity index (χ0) is 12.3. The Labute approximate surface area is 101 Å². The van der Waals surface area contributed by atoms with Gasteiger partial charge in [0.1, 0.15) is 11.6 Å². The SMILES string of the molecule is COc1ccc(C(=O)C2CCCCC2)c(F)c1. The molecular weight excluding hydrogens is 219 g/mol. The maximum Gasteiger partial charge on any atom is 0.168 e. The second-order valence-corrected chi connectivity index (χ2v) is 4.54. The molecule has 1 aliphatic carbocycles. The van der Waals surface area contributed by atoms with Crippen LogP contribution in [0.5, 0.6) is 5.75 Å². The van der Waals surface area contributed by atoms with E-state index in [1.807, 2.05) is 0 Å². The van der Waals surface area contributed by atoms with Crippen molar-refractivity contribution in [1.29, 1.82) is 0 Å². The van der Waals surface area contributed by atoms with Gasteiger partial charge in [-0.3, -0.25) is 4.79 Å². The van der Waals surface area contributed by atoms with Crippen molar-refractivity contribution in [3.05, 3.63) is 29.6 Å². The summed E-state index contributed by atoms with van der Waals surface area (Å²) in [6.07, 6.45) is 5.13. The molecule has 92 valence electrons. The molecule has 0 unspecified atom stereocenters. The minimum absolute atomic E-state index is 0.00615. The summed E-state index contributed by atoms with van der Waals surface area (Å²) in [5.41, 5.74) is 0.206. The van der Waals surface area contributed by atoms with Gasteiger partial charge in [0, 0.05) is 12.0 Å². The number of methoxy groups -OCH3 is 1. The highest BCUT2D eigenvalue weighted by Gasteiger charge is 2.24. The number of carbonyl (C=O) groups excluding carboxylic acids is 1. The van der Waals surface area contributed by atoms with Crippen LogP contribution < -0.4 is 4.74 Å². The molecule has 0 spiro atoms. The monoisotopic (exact) mass is 236 g/mol. The molecule has 0 bridgehead atoms. The van der Waals surface area contributed by atoms with Crippen LogP contribution in [0.3, 0.4) is 0 Å². The second-order valence-electron chi connectivity index (χ2n) is 4.54. The lowest BCUT2D eigenvalue weighted by molar-refractivity contribution is 0.0885.